The molecule has 0 amide bonds. The average molecular weight is 183 g/mol. The van der Waals surface area contributed by atoms with Crippen molar-refractivity contribution in [1.82, 2.24) is 0 Å². The minimum Gasteiger partial charge on any atom is -0.325 e. The standard InChI is InChI=1S/C10H17NS/c11-9-2-7-1-8(3-9)5-10(12,4-7)6-9/h7-8,12H,1-6,11H2. The number of hydrogen-bond acceptors (Lipinski definition) is 2. The fourth-order valence-electron chi connectivity index (χ4n) is 4.28. The third kappa shape index (κ3) is 0.973. The fourth-order valence-corrected chi connectivity index (χ4v) is 5.12. The molecule has 2 unspecified atom stereocenters. The van der Waals surface area contributed by atoms with Crippen LogP contribution in [0.4, 0.5) is 0 Å². The van der Waals surface area contributed by atoms with Crippen LogP contribution in [0.15, 0.2) is 0 Å². The lowest BCUT2D eigenvalue weighted by Crippen LogP contribution is -2.61. The predicted molar refractivity (Wildman–Crippen MR) is 53.3 cm³/mol. The van der Waals surface area contributed by atoms with Gasteiger partial charge in [0, 0.05) is 10.3 Å². The number of thiol groups is 1. The number of nitrogens with two attached hydrogens (primary N) is 1. The van der Waals surface area contributed by atoms with Crippen LogP contribution in [-0.2, 0) is 0 Å². The van der Waals surface area contributed by atoms with Crippen molar-refractivity contribution in [2.75, 3.05) is 0 Å². The van der Waals surface area contributed by atoms with Crippen LogP contribution in [0.25, 0.3) is 0 Å². The first-order chi connectivity index (χ1) is 5.57. The zero-order valence-electron chi connectivity index (χ0n) is 7.42. The van der Waals surface area contributed by atoms with Gasteiger partial charge in [0.15, 0.2) is 0 Å². The van der Waals surface area contributed by atoms with Crippen LogP contribution in [0.1, 0.15) is 38.5 Å². The van der Waals surface area contributed by atoms with Crippen LogP contribution < -0.4 is 5.73 Å². The van der Waals surface area contributed by atoms with Crippen molar-refractivity contribution in [3.05, 3.63) is 0 Å². The highest BCUT2D eigenvalue weighted by Gasteiger charge is 2.54. The molecule has 0 saturated heterocycles. The van der Waals surface area contributed by atoms with E-state index < -0.39 is 0 Å². The lowest BCUT2D eigenvalue weighted by molar-refractivity contribution is 0.0186. The van der Waals surface area contributed by atoms with Crippen LogP contribution in [-0.4, -0.2) is 10.3 Å². The first-order valence-electron chi connectivity index (χ1n) is 5.08. The summed E-state index contributed by atoms with van der Waals surface area (Å²) >= 11 is 4.82. The van der Waals surface area contributed by atoms with E-state index in [9.17, 15) is 0 Å². The third-order valence-electron chi connectivity index (χ3n) is 4.08. The summed E-state index contributed by atoms with van der Waals surface area (Å²) in [7, 11) is 0. The normalized spacial score (nSPS) is 62.5. The molecule has 4 bridgehead atoms. The molecule has 2 N–H and O–H groups in total. The molecule has 2 heteroatoms. The van der Waals surface area contributed by atoms with Crippen molar-refractivity contribution in [2.45, 2.75) is 48.8 Å². The molecule has 0 aromatic heterocycles. The Hall–Kier alpha value is 0.310. The van der Waals surface area contributed by atoms with Gasteiger partial charge in [0.1, 0.15) is 0 Å². The molecular weight excluding hydrogens is 166 g/mol. The lowest BCUT2D eigenvalue weighted by Gasteiger charge is -2.59. The topological polar surface area (TPSA) is 26.0 Å². The maximum atomic E-state index is 6.36. The van der Waals surface area contributed by atoms with E-state index in [1.165, 1.54) is 38.5 Å². The first kappa shape index (κ1) is 7.69. The van der Waals surface area contributed by atoms with Crippen molar-refractivity contribution < 1.29 is 0 Å². The van der Waals surface area contributed by atoms with E-state index in [0.29, 0.717) is 4.75 Å². The highest BCUT2D eigenvalue weighted by atomic mass is 32.1. The Labute approximate surface area is 79.5 Å². The SMILES string of the molecule is NC12CC3CC(C1)CC(S)(C3)C2. The molecule has 4 rings (SSSR count). The largest absolute Gasteiger partial charge is 0.325 e. The van der Waals surface area contributed by atoms with Gasteiger partial charge in [-0.3, -0.25) is 0 Å². The van der Waals surface area contributed by atoms with Crippen LogP contribution in [0.5, 0.6) is 0 Å². The number of hydrogen-bond donors (Lipinski definition) is 2. The van der Waals surface area contributed by atoms with Crippen molar-refractivity contribution in [3.8, 4) is 0 Å². The Bertz CT molecular complexity index is 192. The molecule has 1 nitrogen and oxygen atoms in total. The van der Waals surface area contributed by atoms with Crippen LogP contribution >= 0.6 is 12.6 Å². The lowest BCUT2D eigenvalue weighted by atomic mass is 9.53. The second-order valence-corrected chi connectivity index (χ2v) is 6.50. The second kappa shape index (κ2) is 2.03. The molecule has 4 saturated carbocycles. The summed E-state index contributed by atoms with van der Waals surface area (Å²) in [6, 6.07) is 0. The van der Waals surface area contributed by atoms with Gasteiger partial charge in [-0.05, 0) is 50.4 Å². The summed E-state index contributed by atoms with van der Waals surface area (Å²) in [5.74, 6) is 1.82. The molecule has 0 heterocycles. The zero-order valence-corrected chi connectivity index (χ0v) is 8.32. The first-order valence-corrected chi connectivity index (χ1v) is 5.53. The maximum absolute atomic E-state index is 6.36. The van der Waals surface area contributed by atoms with Gasteiger partial charge in [0.2, 0.25) is 0 Å². The summed E-state index contributed by atoms with van der Waals surface area (Å²) in [6.07, 6.45) is 7.87. The molecule has 12 heavy (non-hydrogen) atoms. The van der Waals surface area contributed by atoms with Crippen LogP contribution in [0.3, 0.4) is 0 Å². The minimum absolute atomic E-state index is 0.186. The molecule has 2 atom stereocenters. The van der Waals surface area contributed by atoms with Gasteiger partial charge in [0.05, 0.1) is 0 Å². The van der Waals surface area contributed by atoms with Gasteiger partial charge in [-0.2, -0.15) is 12.6 Å². The highest BCUT2D eigenvalue weighted by Crippen LogP contribution is 2.58. The van der Waals surface area contributed by atoms with Crippen molar-refractivity contribution in [2.24, 2.45) is 17.6 Å². The fraction of sp³-hybridized carbons (Fsp3) is 1.00. The van der Waals surface area contributed by atoms with Gasteiger partial charge in [-0.1, -0.05) is 0 Å². The Morgan fingerprint density at radius 2 is 1.67 bits per heavy atom. The highest BCUT2D eigenvalue weighted by molar-refractivity contribution is 7.81. The Kier molecular flexibility index (Phi) is 1.30. The average Bonchev–Trinajstić information content (AvgIpc) is 1.75. The van der Waals surface area contributed by atoms with Crippen molar-refractivity contribution in [1.29, 1.82) is 0 Å². The molecular formula is C10H17NS. The van der Waals surface area contributed by atoms with Gasteiger partial charge in [-0.15, -0.1) is 0 Å². The van der Waals surface area contributed by atoms with Gasteiger partial charge in [0.25, 0.3) is 0 Å². The number of rotatable bonds is 0. The molecule has 0 aromatic rings. The van der Waals surface area contributed by atoms with E-state index in [2.05, 4.69) is 0 Å². The van der Waals surface area contributed by atoms with Crippen LogP contribution in [0.2, 0.25) is 0 Å². The Morgan fingerprint density at radius 1 is 1.08 bits per heavy atom. The smallest absolute Gasteiger partial charge is 0.0172 e. The summed E-state index contributed by atoms with van der Waals surface area (Å²) in [5, 5.41) is 0. The maximum Gasteiger partial charge on any atom is 0.0172 e. The predicted octanol–water partition coefficient (Wildman–Crippen LogP) is 1.97. The zero-order chi connectivity index (χ0) is 8.40. The second-order valence-electron chi connectivity index (χ2n) is 5.55. The minimum atomic E-state index is 0.186. The monoisotopic (exact) mass is 183 g/mol. The summed E-state index contributed by atoms with van der Waals surface area (Å²) < 4.78 is 0.332. The molecule has 0 radical (unpaired) electrons. The Balaban J connectivity index is 1.98. The molecule has 4 aliphatic rings. The third-order valence-corrected chi connectivity index (χ3v) is 4.60. The van der Waals surface area contributed by atoms with Gasteiger partial charge in [-0.25, -0.2) is 0 Å². The molecule has 0 spiro atoms. The quantitative estimate of drug-likeness (QED) is 0.552. The van der Waals surface area contributed by atoms with Crippen LogP contribution in [0, 0.1) is 11.8 Å². The summed E-state index contributed by atoms with van der Waals surface area (Å²) in [6.45, 7) is 0. The van der Waals surface area contributed by atoms with E-state index in [-0.39, 0.29) is 5.54 Å². The molecule has 4 fully saturated rings. The van der Waals surface area contributed by atoms with Gasteiger partial charge >= 0.3 is 0 Å². The van der Waals surface area contributed by atoms with E-state index >= 15 is 0 Å². The molecule has 0 aromatic carbocycles. The molecule has 0 aliphatic heterocycles. The van der Waals surface area contributed by atoms with Crippen molar-refractivity contribution >= 4 is 12.6 Å². The van der Waals surface area contributed by atoms with E-state index in [4.69, 9.17) is 18.4 Å². The van der Waals surface area contributed by atoms with E-state index in [0.717, 1.165) is 11.8 Å². The molecule has 68 valence electrons. The summed E-state index contributed by atoms with van der Waals surface area (Å²) in [4.78, 5) is 0. The van der Waals surface area contributed by atoms with Crippen molar-refractivity contribution in [3.63, 3.8) is 0 Å². The molecule has 4 aliphatic carbocycles. The van der Waals surface area contributed by atoms with E-state index in [1.54, 1.807) is 0 Å². The van der Waals surface area contributed by atoms with Gasteiger partial charge < -0.3 is 5.73 Å². The Morgan fingerprint density at radius 3 is 2.08 bits per heavy atom. The van der Waals surface area contributed by atoms with E-state index in [1.807, 2.05) is 0 Å². The summed E-state index contributed by atoms with van der Waals surface area (Å²) in [5.41, 5.74) is 6.54.